The number of ether oxygens (including phenoxy) is 1. The van der Waals surface area contributed by atoms with Crippen LogP contribution in [0.5, 0.6) is 0 Å². The normalized spacial score (nSPS) is 11.6. The standard InChI is InChI=1S/C18H17BrFNO3/c1-12(13-5-3-2-4-6-13)10-21-17(22)11-24-18(23)15-9-14(20)7-8-16(15)19/h2-9,12H,10-11H2,1H3,(H,21,22)/t12-/m0/s1. The van der Waals surface area contributed by atoms with E-state index in [1.165, 1.54) is 12.1 Å². The monoisotopic (exact) mass is 393 g/mol. The molecule has 0 aromatic heterocycles. The van der Waals surface area contributed by atoms with Crippen molar-refractivity contribution in [2.24, 2.45) is 0 Å². The van der Waals surface area contributed by atoms with Gasteiger partial charge in [0.1, 0.15) is 5.82 Å². The lowest BCUT2D eigenvalue weighted by atomic mass is 10.0. The van der Waals surface area contributed by atoms with Crippen LogP contribution < -0.4 is 5.32 Å². The van der Waals surface area contributed by atoms with Crippen LogP contribution in [-0.4, -0.2) is 25.0 Å². The molecule has 0 heterocycles. The van der Waals surface area contributed by atoms with Gasteiger partial charge in [-0.1, -0.05) is 37.3 Å². The van der Waals surface area contributed by atoms with Gasteiger partial charge in [0.05, 0.1) is 5.56 Å². The Labute approximate surface area is 148 Å². The fraction of sp³-hybridized carbons (Fsp3) is 0.222. The van der Waals surface area contributed by atoms with E-state index in [0.29, 0.717) is 11.0 Å². The van der Waals surface area contributed by atoms with Crippen molar-refractivity contribution >= 4 is 27.8 Å². The Morgan fingerprint density at radius 3 is 2.62 bits per heavy atom. The quantitative estimate of drug-likeness (QED) is 0.761. The molecule has 24 heavy (non-hydrogen) atoms. The van der Waals surface area contributed by atoms with E-state index in [9.17, 15) is 14.0 Å². The highest BCUT2D eigenvalue weighted by atomic mass is 79.9. The lowest BCUT2D eigenvalue weighted by molar-refractivity contribution is -0.124. The minimum absolute atomic E-state index is 0.0421. The van der Waals surface area contributed by atoms with Gasteiger partial charge in [-0.25, -0.2) is 9.18 Å². The molecule has 0 saturated carbocycles. The number of esters is 1. The Bertz CT molecular complexity index is 721. The third-order valence-electron chi connectivity index (χ3n) is 3.46. The van der Waals surface area contributed by atoms with E-state index in [1.54, 1.807) is 0 Å². The zero-order valence-electron chi connectivity index (χ0n) is 13.1. The molecule has 4 nitrogen and oxygen atoms in total. The number of amides is 1. The number of carbonyl (C=O) groups excluding carboxylic acids is 2. The second kappa shape index (κ2) is 8.59. The summed E-state index contributed by atoms with van der Waals surface area (Å²) < 4.78 is 18.5. The van der Waals surface area contributed by atoms with Crippen molar-refractivity contribution in [3.05, 3.63) is 69.9 Å². The molecule has 1 atom stereocenters. The molecule has 0 saturated heterocycles. The van der Waals surface area contributed by atoms with Crippen LogP contribution in [0.25, 0.3) is 0 Å². The van der Waals surface area contributed by atoms with Crippen LogP contribution in [0.1, 0.15) is 28.8 Å². The van der Waals surface area contributed by atoms with Crippen molar-refractivity contribution in [1.82, 2.24) is 5.32 Å². The fourth-order valence-electron chi connectivity index (χ4n) is 2.08. The Morgan fingerprint density at radius 2 is 1.92 bits per heavy atom. The first kappa shape index (κ1) is 18.1. The molecule has 1 amide bonds. The molecular weight excluding hydrogens is 377 g/mol. The molecule has 0 radical (unpaired) electrons. The van der Waals surface area contributed by atoms with Crippen molar-refractivity contribution < 1.29 is 18.7 Å². The molecule has 0 aliphatic carbocycles. The minimum atomic E-state index is -0.757. The van der Waals surface area contributed by atoms with E-state index < -0.39 is 24.3 Å². The second-order valence-electron chi connectivity index (χ2n) is 5.32. The van der Waals surface area contributed by atoms with Crippen LogP contribution in [0.3, 0.4) is 0 Å². The highest BCUT2D eigenvalue weighted by Crippen LogP contribution is 2.18. The molecule has 2 aromatic carbocycles. The van der Waals surface area contributed by atoms with Crippen molar-refractivity contribution in [2.45, 2.75) is 12.8 Å². The van der Waals surface area contributed by atoms with Crippen LogP contribution in [0.15, 0.2) is 53.0 Å². The third-order valence-corrected chi connectivity index (χ3v) is 4.15. The molecule has 0 aliphatic heterocycles. The average molecular weight is 394 g/mol. The van der Waals surface area contributed by atoms with Gasteiger partial charge in [0.25, 0.3) is 5.91 Å². The van der Waals surface area contributed by atoms with Gasteiger partial charge in [0, 0.05) is 11.0 Å². The van der Waals surface area contributed by atoms with Gasteiger partial charge < -0.3 is 10.1 Å². The number of benzene rings is 2. The van der Waals surface area contributed by atoms with Crippen LogP contribution >= 0.6 is 15.9 Å². The van der Waals surface area contributed by atoms with E-state index >= 15 is 0 Å². The van der Waals surface area contributed by atoms with E-state index in [4.69, 9.17) is 4.74 Å². The number of nitrogens with one attached hydrogen (secondary N) is 1. The first-order valence-corrected chi connectivity index (χ1v) is 8.20. The smallest absolute Gasteiger partial charge is 0.339 e. The van der Waals surface area contributed by atoms with Gasteiger partial charge in [0.15, 0.2) is 6.61 Å². The largest absolute Gasteiger partial charge is 0.452 e. The summed E-state index contributed by atoms with van der Waals surface area (Å²) in [4.78, 5) is 23.7. The average Bonchev–Trinajstić information content (AvgIpc) is 2.60. The van der Waals surface area contributed by atoms with Crippen molar-refractivity contribution in [3.8, 4) is 0 Å². The maximum atomic E-state index is 13.2. The number of rotatable bonds is 6. The van der Waals surface area contributed by atoms with Gasteiger partial charge in [0.2, 0.25) is 0 Å². The summed E-state index contributed by atoms with van der Waals surface area (Å²) in [6, 6.07) is 13.5. The molecule has 0 bridgehead atoms. The van der Waals surface area contributed by atoms with Crippen LogP contribution in [-0.2, 0) is 9.53 Å². The summed E-state index contributed by atoms with van der Waals surface area (Å²) in [5.41, 5.74) is 1.15. The molecule has 2 rings (SSSR count). The summed E-state index contributed by atoms with van der Waals surface area (Å²) in [6.45, 7) is 2.01. The topological polar surface area (TPSA) is 55.4 Å². The lowest BCUT2D eigenvalue weighted by Crippen LogP contribution is -2.31. The van der Waals surface area contributed by atoms with Crippen molar-refractivity contribution in [1.29, 1.82) is 0 Å². The molecule has 0 unspecified atom stereocenters. The molecule has 6 heteroatoms. The predicted octanol–water partition coefficient (Wildman–Crippen LogP) is 3.66. The summed E-state index contributed by atoms with van der Waals surface area (Å²) >= 11 is 3.15. The maximum absolute atomic E-state index is 13.2. The molecule has 0 aliphatic rings. The van der Waals surface area contributed by atoms with E-state index in [0.717, 1.165) is 11.6 Å². The van der Waals surface area contributed by atoms with E-state index in [-0.39, 0.29) is 11.5 Å². The van der Waals surface area contributed by atoms with Crippen molar-refractivity contribution in [2.75, 3.05) is 13.2 Å². The molecule has 0 fully saturated rings. The summed E-state index contributed by atoms with van der Waals surface area (Å²) in [5.74, 6) is -1.57. The zero-order chi connectivity index (χ0) is 17.5. The number of halogens is 2. The van der Waals surface area contributed by atoms with Gasteiger partial charge in [-0.3, -0.25) is 4.79 Å². The van der Waals surface area contributed by atoms with Gasteiger partial charge in [-0.05, 0) is 45.6 Å². The zero-order valence-corrected chi connectivity index (χ0v) is 14.7. The molecular formula is C18H17BrFNO3. The lowest BCUT2D eigenvalue weighted by Gasteiger charge is -2.13. The predicted molar refractivity (Wildman–Crippen MR) is 92.2 cm³/mol. The van der Waals surface area contributed by atoms with Crippen LogP contribution in [0.4, 0.5) is 4.39 Å². The van der Waals surface area contributed by atoms with E-state index in [2.05, 4.69) is 21.2 Å². The van der Waals surface area contributed by atoms with Gasteiger partial charge >= 0.3 is 5.97 Å². The number of hydrogen-bond donors (Lipinski definition) is 1. The molecule has 126 valence electrons. The number of hydrogen-bond acceptors (Lipinski definition) is 3. The first-order valence-electron chi connectivity index (χ1n) is 7.41. The SMILES string of the molecule is C[C@@H](CNC(=O)COC(=O)c1cc(F)ccc1Br)c1ccccc1. The Hall–Kier alpha value is -2.21. The molecule has 0 spiro atoms. The minimum Gasteiger partial charge on any atom is -0.452 e. The van der Waals surface area contributed by atoms with Gasteiger partial charge in [-0.15, -0.1) is 0 Å². The summed E-state index contributed by atoms with van der Waals surface area (Å²) in [7, 11) is 0. The fourth-order valence-corrected chi connectivity index (χ4v) is 2.49. The highest BCUT2D eigenvalue weighted by molar-refractivity contribution is 9.10. The van der Waals surface area contributed by atoms with E-state index in [1.807, 2.05) is 37.3 Å². The molecule has 1 N–H and O–H groups in total. The Kier molecular flexibility index (Phi) is 6.49. The third kappa shape index (κ3) is 5.16. The number of carbonyl (C=O) groups is 2. The highest BCUT2D eigenvalue weighted by Gasteiger charge is 2.15. The summed E-state index contributed by atoms with van der Waals surface area (Å²) in [5, 5.41) is 2.71. The Morgan fingerprint density at radius 1 is 1.21 bits per heavy atom. The van der Waals surface area contributed by atoms with Crippen molar-refractivity contribution in [3.63, 3.8) is 0 Å². The summed E-state index contributed by atoms with van der Waals surface area (Å²) in [6.07, 6.45) is 0. The Balaban J connectivity index is 1.81. The van der Waals surface area contributed by atoms with Crippen LogP contribution in [0.2, 0.25) is 0 Å². The maximum Gasteiger partial charge on any atom is 0.339 e. The van der Waals surface area contributed by atoms with Gasteiger partial charge in [-0.2, -0.15) is 0 Å². The second-order valence-corrected chi connectivity index (χ2v) is 6.17. The van der Waals surface area contributed by atoms with Crippen LogP contribution in [0, 0.1) is 5.82 Å². The molecule has 2 aromatic rings. The first-order chi connectivity index (χ1) is 11.5.